The van der Waals surface area contributed by atoms with Crippen LogP contribution in [0.5, 0.6) is 0 Å². The van der Waals surface area contributed by atoms with Crippen molar-refractivity contribution < 1.29 is 0 Å². The lowest BCUT2D eigenvalue weighted by molar-refractivity contribution is 1.02. The summed E-state index contributed by atoms with van der Waals surface area (Å²) in [5, 5.41) is 12.0. The zero-order valence-electron chi connectivity index (χ0n) is 23.5. The second-order valence-corrected chi connectivity index (χ2v) is 12.4. The number of benzene rings is 7. The molecule has 44 heavy (non-hydrogen) atoms. The highest BCUT2D eigenvalue weighted by Crippen LogP contribution is 2.43. The summed E-state index contributed by atoms with van der Waals surface area (Å²) < 4.78 is 3.52. The highest BCUT2D eigenvalue weighted by molar-refractivity contribution is 7.25. The lowest BCUT2D eigenvalue weighted by Crippen LogP contribution is -2.03. The number of hydrogen-bond acceptors (Lipinski definition) is 3. The maximum atomic E-state index is 5.49. The number of rotatable bonds is 2. The minimum absolute atomic E-state index is 0.693. The van der Waals surface area contributed by atoms with Crippen molar-refractivity contribution in [1.29, 1.82) is 0 Å². The first-order valence-electron chi connectivity index (χ1n) is 14.8. The Kier molecular flexibility index (Phi) is 4.87. The van der Waals surface area contributed by atoms with Crippen molar-refractivity contribution >= 4 is 85.8 Å². The van der Waals surface area contributed by atoms with Crippen LogP contribution in [-0.4, -0.2) is 14.5 Å². The number of aromatic nitrogens is 3. The Bertz CT molecular complexity index is 2790. The average Bonchev–Trinajstić information content (AvgIpc) is 3.64. The van der Waals surface area contributed by atoms with Crippen LogP contribution < -0.4 is 0 Å². The molecule has 0 unspecified atom stereocenters. The number of fused-ring (bicyclic) bond motifs is 11. The summed E-state index contributed by atoms with van der Waals surface area (Å²) in [6, 6.07) is 50.0. The minimum Gasteiger partial charge on any atom is -0.277 e. The standard InChI is InChI=1S/C40H23N3S/c1-2-12-27-23-28(18-17-24(27)9-1)37-36-31-15-7-8-16-34(31)44-39(36)42-40(41-37)43-33-22-20-25-10-3-5-13-29(25)35(33)32-21-19-26-11-4-6-14-30(26)38(32)43/h1-23H. The van der Waals surface area contributed by atoms with Crippen molar-refractivity contribution in [2.75, 3.05) is 0 Å². The van der Waals surface area contributed by atoms with Crippen LogP contribution in [0.2, 0.25) is 0 Å². The maximum Gasteiger partial charge on any atom is 0.236 e. The molecule has 0 spiro atoms. The van der Waals surface area contributed by atoms with Gasteiger partial charge < -0.3 is 0 Å². The van der Waals surface area contributed by atoms with E-state index in [4.69, 9.17) is 9.97 Å². The zero-order chi connectivity index (χ0) is 28.8. The first-order chi connectivity index (χ1) is 21.8. The molecule has 10 aromatic rings. The fraction of sp³-hybridized carbons (Fsp3) is 0. The van der Waals surface area contributed by atoms with Crippen LogP contribution in [0.4, 0.5) is 0 Å². The van der Waals surface area contributed by atoms with Crippen LogP contribution >= 0.6 is 11.3 Å². The SMILES string of the molecule is c1ccc2cc(-c3nc(-n4c5ccc6ccccc6c5c5ccc6ccccc6c54)nc4sc5ccccc5c34)ccc2c1. The third-order valence-electron chi connectivity index (χ3n) is 8.99. The predicted octanol–water partition coefficient (Wildman–Crippen LogP) is 11.1. The van der Waals surface area contributed by atoms with Gasteiger partial charge in [0.05, 0.1) is 16.7 Å². The van der Waals surface area contributed by atoms with Gasteiger partial charge in [0.1, 0.15) is 4.83 Å². The molecular weight excluding hydrogens is 555 g/mol. The van der Waals surface area contributed by atoms with Gasteiger partial charge in [-0.2, -0.15) is 0 Å². The van der Waals surface area contributed by atoms with E-state index in [1.807, 2.05) is 0 Å². The van der Waals surface area contributed by atoms with Gasteiger partial charge in [-0.15, -0.1) is 11.3 Å². The molecular formula is C40H23N3S. The Morgan fingerprint density at radius 3 is 2.00 bits per heavy atom. The van der Waals surface area contributed by atoms with E-state index in [0.29, 0.717) is 5.95 Å². The lowest BCUT2D eigenvalue weighted by atomic mass is 10.0. The molecule has 7 aromatic carbocycles. The molecule has 0 atom stereocenters. The van der Waals surface area contributed by atoms with E-state index in [9.17, 15) is 0 Å². The van der Waals surface area contributed by atoms with Crippen molar-refractivity contribution in [3.63, 3.8) is 0 Å². The van der Waals surface area contributed by atoms with Crippen LogP contribution in [0, 0.1) is 0 Å². The van der Waals surface area contributed by atoms with E-state index in [1.54, 1.807) is 11.3 Å². The van der Waals surface area contributed by atoms with Gasteiger partial charge in [-0.05, 0) is 45.1 Å². The molecule has 0 N–H and O–H groups in total. The summed E-state index contributed by atoms with van der Waals surface area (Å²) in [6.07, 6.45) is 0. The van der Waals surface area contributed by atoms with E-state index in [1.165, 1.54) is 53.2 Å². The zero-order valence-corrected chi connectivity index (χ0v) is 24.3. The lowest BCUT2D eigenvalue weighted by Gasteiger charge is -2.12. The molecule has 0 saturated carbocycles. The van der Waals surface area contributed by atoms with E-state index < -0.39 is 0 Å². The van der Waals surface area contributed by atoms with Crippen LogP contribution in [0.15, 0.2) is 140 Å². The third-order valence-corrected chi connectivity index (χ3v) is 10.1. The average molecular weight is 578 g/mol. The van der Waals surface area contributed by atoms with E-state index in [-0.39, 0.29) is 0 Å². The number of thiophene rings is 1. The number of hydrogen-bond donors (Lipinski definition) is 0. The van der Waals surface area contributed by atoms with Gasteiger partial charge in [-0.3, -0.25) is 4.57 Å². The van der Waals surface area contributed by atoms with Crippen LogP contribution in [0.3, 0.4) is 0 Å². The molecule has 3 nitrogen and oxygen atoms in total. The van der Waals surface area contributed by atoms with Gasteiger partial charge in [0.15, 0.2) is 0 Å². The van der Waals surface area contributed by atoms with E-state index in [0.717, 1.165) is 32.5 Å². The fourth-order valence-electron chi connectivity index (χ4n) is 7.01. The Labute approximate surface area is 256 Å². The number of nitrogens with zero attached hydrogens (tertiary/aromatic N) is 3. The highest BCUT2D eigenvalue weighted by Gasteiger charge is 2.22. The monoisotopic (exact) mass is 577 g/mol. The van der Waals surface area contributed by atoms with Crippen LogP contribution in [0.1, 0.15) is 0 Å². The van der Waals surface area contributed by atoms with Crippen LogP contribution in [0.25, 0.3) is 91.6 Å². The molecule has 0 fully saturated rings. The van der Waals surface area contributed by atoms with Gasteiger partial charge in [0.25, 0.3) is 0 Å². The van der Waals surface area contributed by atoms with Crippen LogP contribution in [-0.2, 0) is 0 Å². The molecule has 0 aliphatic carbocycles. The van der Waals surface area contributed by atoms with E-state index >= 15 is 0 Å². The minimum atomic E-state index is 0.693. The summed E-state index contributed by atoms with van der Waals surface area (Å²) in [5.74, 6) is 0.693. The summed E-state index contributed by atoms with van der Waals surface area (Å²) in [4.78, 5) is 11.8. The van der Waals surface area contributed by atoms with E-state index in [2.05, 4.69) is 144 Å². The third kappa shape index (κ3) is 3.31. The van der Waals surface area contributed by atoms with Crippen molar-refractivity contribution in [2.24, 2.45) is 0 Å². The first-order valence-corrected chi connectivity index (χ1v) is 15.7. The summed E-state index contributed by atoms with van der Waals surface area (Å²) in [6.45, 7) is 0. The molecule has 4 heteroatoms. The van der Waals surface area contributed by atoms with Gasteiger partial charge in [-0.1, -0.05) is 121 Å². The second kappa shape index (κ2) is 8.96. The predicted molar refractivity (Wildman–Crippen MR) is 187 cm³/mol. The molecule has 0 radical (unpaired) electrons. The van der Waals surface area contributed by atoms with Crippen molar-refractivity contribution in [2.45, 2.75) is 0 Å². The van der Waals surface area contributed by atoms with Gasteiger partial charge >= 0.3 is 0 Å². The molecule has 3 aromatic heterocycles. The Hall–Kier alpha value is -5.58. The van der Waals surface area contributed by atoms with Gasteiger partial charge in [-0.25, -0.2) is 9.97 Å². The summed E-state index contributed by atoms with van der Waals surface area (Å²) in [5.41, 5.74) is 4.31. The first kappa shape index (κ1) is 23.9. The largest absolute Gasteiger partial charge is 0.277 e. The topological polar surface area (TPSA) is 30.7 Å². The normalized spacial score (nSPS) is 12.1. The Morgan fingerprint density at radius 1 is 0.477 bits per heavy atom. The quantitative estimate of drug-likeness (QED) is 0.205. The summed E-state index contributed by atoms with van der Waals surface area (Å²) in [7, 11) is 0. The molecule has 3 heterocycles. The molecule has 0 amide bonds. The molecule has 0 aliphatic rings. The van der Waals surface area contributed by atoms with Crippen molar-refractivity contribution in [3.8, 4) is 17.2 Å². The molecule has 0 aliphatic heterocycles. The highest BCUT2D eigenvalue weighted by atomic mass is 32.1. The summed E-state index contributed by atoms with van der Waals surface area (Å²) >= 11 is 1.74. The Morgan fingerprint density at radius 2 is 1.14 bits per heavy atom. The van der Waals surface area contributed by atoms with Crippen molar-refractivity contribution in [1.82, 2.24) is 14.5 Å². The molecule has 0 bridgehead atoms. The fourth-order valence-corrected chi connectivity index (χ4v) is 8.08. The smallest absolute Gasteiger partial charge is 0.236 e. The molecule has 0 saturated heterocycles. The Balaban J connectivity index is 1.40. The van der Waals surface area contributed by atoms with Gasteiger partial charge in [0, 0.05) is 37.2 Å². The van der Waals surface area contributed by atoms with Crippen molar-refractivity contribution in [3.05, 3.63) is 140 Å². The molecule has 10 rings (SSSR count). The van der Waals surface area contributed by atoms with Gasteiger partial charge in [0.2, 0.25) is 5.95 Å². The second-order valence-electron chi connectivity index (χ2n) is 11.4. The molecule has 204 valence electrons. The maximum absolute atomic E-state index is 5.49.